The number of carbonyl (C=O) groups is 1. The SMILES string of the molecule is CC(C)N1C(=O)NCCC12CCC2. The number of hydrogen-bond acceptors (Lipinski definition) is 1. The van der Waals surface area contributed by atoms with E-state index in [0.717, 1.165) is 13.0 Å². The van der Waals surface area contributed by atoms with Crippen LogP contribution in [0.4, 0.5) is 4.79 Å². The highest BCUT2D eigenvalue weighted by Gasteiger charge is 2.47. The highest BCUT2D eigenvalue weighted by molar-refractivity contribution is 5.76. The second kappa shape index (κ2) is 2.89. The molecule has 2 amide bonds. The molecule has 74 valence electrons. The van der Waals surface area contributed by atoms with E-state index in [-0.39, 0.29) is 11.6 Å². The fourth-order valence-electron chi connectivity index (χ4n) is 2.68. The number of nitrogens with zero attached hydrogens (tertiary/aromatic N) is 1. The van der Waals surface area contributed by atoms with Crippen molar-refractivity contribution >= 4 is 6.03 Å². The molecule has 3 heteroatoms. The Kier molecular flexibility index (Phi) is 1.97. The van der Waals surface area contributed by atoms with Crippen LogP contribution in [-0.4, -0.2) is 29.1 Å². The monoisotopic (exact) mass is 182 g/mol. The first kappa shape index (κ1) is 8.85. The Labute approximate surface area is 79.5 Å². The van der Waals surface area contributed by atoms with Gasteiger partial charge >= 0.3 is 6.03 Å². The lowest BCUT2D eigenvalue weighted by molar-refractivity contribution is 0.00453. The average Bonchev–Trinajstić information content (AvgIpc) is 2.00. The molecule has 1 spiro atoms. The Morgan fingerprint density at radius 3 is 2.46 bits per heavy atom. The third kappa shape index (κ3) is 1.21. The van der Waals surface area contributed by atoms with Crippen molar-refractivity contribution < 1.29 is 4.79 Å². The second-order valence-corrected chi connectivity index (χ2v) is 4.52. The highest BCUT2D eigenvalue weighted by Crippen LogP contribution is 2.42. The summed E-state index contributed by atoms with van der Waals surface area (Å²) in [5.41, 5.74) is 0.233. The second-order valence-electron chi connectivity index (χ2n) is 4.52. The molecule has 2 rings (SSSR count). The van der Waals surface area contributed by atoms with E-state index < -0.39 is 0 Å². The summed E-state index contributed by atoms with van der Waals surface area (Å²) in [5.74, 6) is 0. The Hall–Kier alpha value is -0.730. The summed E-state index contributed by atoms with van der Waals surface area (Å²) >= 11 is 0. The minimum absolute atomic E-state index is 0.140. The molecule has 0 aromatic rings. The van der Waals surface area contributed by atoms with Gasteiger partial charge in [0.05, 0.1) is 0 Å². The molecule has 1 heterocycles. The molecule has 2 fully saturated rings. The van der Waals surface area contributed by atoms with Gasteiger partial charge in [-0.3, -0.25) is 0 Å². The molecule has 1 saturated carbocycles. The van der Waals surface area contributed by atoms with Gasteiger partial charge in [0.1, 0.15) is 0 Å². The number of amides is 2. The molecule has 0 atom stereocenters. The summed E-state index contributed by atoms with van der Waals surface area (Å²) < 4.78 is 0. The van der Waals surface area contributed by atoms with Crippen LogP contribution in [0.25, 0.3) is 0 Å². The fourth-order valence-corrected chi connectivity index (χ4v) is 2.68. The maximum absolute atomic E-state index is 11.7. The van der Waals surface area contributed by atoms with Crippen molar-refractivity contribution in [2.75, 3.05) is 6.54 Å². The fraction of sp³-hybridized carbons (Fsp3) is 0.900. The van der Waals surface area contributed by atoms with Gasteiger partial charge in [-0.15, -0.1) is 0 Å². The van der Waals surface area contributed by atoms with E-state index in [1.807, 2.05) is 0 Å². The first-order valence-electron chi connectivity index (χ1n) is 5.23. The number of urea groups is 1. The molecular weight excluding hydrogens is 164 g/mol. The minimum atomic E-state index is 0.140. The van der Waals surface area contributed by atoms with Gasteiger partial charge in [0.15, 0.2) is 0 Å². The van der Waals surface area contributed by atoms with Gasteiger partial charge in [0.2, 0.25) is 0 Å². The van der Waals surface area contributed by atoms with Gasteiger partial charge < -0.3 is 10.2 Å². The van der Waals surface area contributed by atoms with Gasteiger partial charge in [-0.05, 0) is 39.5 Å². The van der Waals surface area contributed by atoms with Crippen LogP contribution in [0.1, 0.15) is 39.5 Å². The van der Waals surface area contributed by atoms with Crippen molar-refractivity contribution in [3.05, 3.63) is 0 Å². The smallest absolute Gasteiger partial charge is 0.318 e. The number of rotatable bonds is 1. The molecule has 1 aliphatic heterocycles. The first-order valence-corrected chi connectivity index (χ1v) is 5.23. The van der Waals surface area contributed by atoms with E-state index in [2.05, 4.69) is 24.1 Å². The number of hydrogen-bond donors (Lipinski definition) is 1. The molecule has 2 aliphatic rings. The summed E-state index contributed by atoms with van der Waals surface area (Å²) in [6.45, 7) is 5.07. The molecule has 0 radical (unpaired) electrons. The Balaban J connectivity index is 2.19. The summed E-state index contributed by atoms with van der Waals surface area (Å²) in [6.07, 6.45) is 4.84. The highest BCUT2D eigenvalue weighted by atomic mass is 16.2. The zero-order chi connectivity index (χ0) is 9.47. The third-order valence-corrected chi connectivity index (χ3v) is 3.40. The molecule has 1 saturated heterocycles. The van der Waals surface area contributed by atoms with Gasteiger partial charge in [-0.25, -0.2) is 4.79 Å². The molecule has 13 heavy (non-hydrogen) atoms. The van der Waals surface area contributed by atoms with Crippen LogP contribution in [0.2, 0.25) is 0 Å². The Bertz CT molecular complexity index is 221. The van der Waals surface area contributed by atoms with E-state index in [4.69, 9.17) is 0 Å². The van der Waals surface area contributed by atoms with Gasteiger partial charge in [-0.2, -0.15) is 0 Å². The summed E-state index contributed by atoms with van der Waals surface area (Å²) in [7, 11) is 0. The van der Waals surface area contributed by atoms with Crippen molar-refractivity contribution in [2.45, 2.75) is 51.1 Å². The lowest BCUT2D eigenvalue weighted by Gasteiger charge is -2.54. The molecule has 1 aliphatic carbocycles. The maximum Gasteiger partial charge on any atom is 0.318 e. The molecule has 3 nitrogen and oxygen atoms in total. The molecule has 0 aromatic carbocycles. The zero-order valence-electron chi connectivity index (χ0n) is 8.47. The van der Waals surface area contributed by atoms with Gasteiger partial charge in [0, 0.05) is 18.1 Å². The maximum atomic E-state index is 11.7. The first-order chi connectivity index (χ1) is 6.16. The lowest BCUT2D eigenvalue weighted by atomic mass is 9.71. The van der Waals surface area contributed by atoms with Crippen molar-refractivity contribution in [3.63, 3.8) is 0 Å². The lowest BCUT2D eigenvalue weighted by Crippen LogP contribution is -2.65. The predicted octanol–water partition coefficient (Wildman–Crippen LogP) is 1.73. The summed E-state index contributed by atoms with van der Waals surface area (Å²) in [6, 6.07) is 0.474. The van der Waals surface area contributed by atoms with Crippen molar-refractivity contribution in [1.82, 2.24) is 10.2 Å². The summed E-state index contributed by atoms with van der Waals surface area (Å²) in [5, 5.41) is 2.92. The van der Waals surface area contributed by atoms with Crippen molar-refractivity contribution in [3.8, 4) is 0 Å². The largest absolute Gasteiger partial charge is 0.338 e. The molecule has 0 unspecified atom stereocenters. The van der Waals surface area contributed by atoms with E-state index >= 15 is 0 Å². The third-order valence-electron chi connectivity index (χ3n) is 3.40. The van der Waals surface area contributed by atoms with Crippen LogP contribution >= 0.6 is 0 Å². The quantitative estimate of drug-likeness (QED) is 0.658. The van der Waals surface area contributed by atoms with E-state index in [9.17, 15) is 4.79 Å². The minimum Gasteiger partial charge on any atom is -0.338 e. The van der Waals surface area contributed by atoms with Crippen molar-refractivity contribution in [1.29, 1.82) is 0 Å². The van der Waals surface area contributed by atoms with Crippen molar-refractivity contribution in [2.24, 2.45) is 0 Å². The van der Waals surface area contributed by atoms with Gasteiger partial charge in [-0.1, -0.05) is 0 Å². The van der Waals surface area contributed by atoms with Crippen LogP contribution in [0.15, 0.2) is 0 Å². The van der Waals surface area contributed by atoms with Crippen LogP contribution < -0.4 is 5.32 Å². The van der Waals surface area contributed by atoms with Crippen LogP contribution in [0.3, 0.4) is 0 Å². The molecule has 0 aromatic heterocycles. The molecular formula is C10H18N2O. The average molecular weight is 182 g/mol. The van der Waals surface area contributed by atoms with Gasteiger partial charge in [0.25, 0.3) is 0 Å². The number of nitrogens with one attached hydrogen (secondary N) is 1. The zero-order valence-corrected chi connectivity index (χ0v) is 8.47. The topological polar surface area (TPSA) is 32.3 Å². The Morgan fingerprint density at radius 1 is 1.38 bits per heavy atom. The Morgan fingerprint density at radius 2 is 2.08 bits per heavy atom. The van der Waals surface area contributed by atoms with E-state index in [0.29, 0.717) is 6.04 Å². The number of carbonyl (C=O) groups excluding carboxylic acids is 1. The summed E-state index contributed by atoms with van der Waals surface area (Å²) in [4.78, 5) is 13.7. The standard InChI is InChI=1S/C10H18N2O/c1-8(2)12-9(13)11-7-6-10(12)4-3-5-10/h8H,3-7H2,1-2H3,(H,11,13). The van der Waals surface area contributed by atoms with Crippen LogP contribution in [-0.2, 0) is 0 Å². The van der Waals surface area contributed by atoms with Crippen LogP contribution in [0, 0.1) is 0 Å². The predicted molar refractivity (Wildman–Crippen MR) is 51.6 cm³/mol. The van der Waals surface area contributed by atoms with E-state index in [1.165, 1.54) is 19.3 Å². The van der Waals surface area contributed by atoms with Crippen LogP contribution in [0.5, 0.6) is 0 Å². The molecule has 1 N–H and O–H groups in total. The normalized spacial score (nSPS) is 26.1. The van der Waals surface area contributed by atoms with E-state index in [1.54, 1.807) is 0 Å². The molecule has 0 bridgehead atoms.